The Balaban J connectivity index is 4.44. The summed E-state index contributed by atoms with van der Waals surface area (Å²) in [6.07, 6.45) is 1.07. The summed E-state index contributed by atoms with van der Waals surface area (Å²) in [7, 11) is -1.34. The molecule has 70 valence electrons. The van der Waals surface area contributed by atoms with Gasteiger partial charge in [-0.2, -0.15) is 12.8 Å². The van der Waals surface area contributed by atoms with E-state index in [-0.39, 0.29) is 0 Å². The largest absolute Gasteiger partial charge is 0.467 e. The minimum absolute atomic E-state index is 0.390. The van der Waals surface area contributed by atoms with Gasteiger partial charge in [0, 0.05) is 0 Å². The van der Waals surface area contributed by atoms with Crippen molar-refractivity contribution < 1.29 is 17.9 Å². The molecule has 0 rings (SSSR count). The van der Waals surface area contributed by atoms with E-state index in [0.717, 1.165) is 0 Å². The van der Waals surface area contributed by atoms with Crippen molar-refractivity contribution in [1.29, 1.82) is 0 Å². The van der Waals surface area contributed by atoms with Crippen LogP contribution >= 0.6 is 0 Å². The van der Waals surface area contributed by atoms with Gasteiger partial charge in [-0.15, -0.1) is 0 Å². The van der Waals surface area contributed by atoms with Crippen molar-refractivity contribution in [3.63, 3.8) is 0 Å². The van der Waals surface area contributed by atoms with Crippen molar-refractivity contribution in [3.05, 3.63) is 0 Å². The first-order valence-electron chi connectivity index (χ1n) is 3.49. The summed E-state index contributed by atoms with van der Waals surface area (Å²) in [6.45, 7) is 1.83. The van der Waals surface area contributed by atoms with Gasteiger partial charge in [0.05, 0.1) is 7.11 Å². The van der Waals surface area contributed by atoms with E-state index in [1.165, 1.54) is 7.11 Å². The Hall–Kier alpha value is -0.910. The number of esters is 1. The molecule has 6 heteroatoms. The third kappa shape index (κ3) is 4.07. The summed E-state index contributed by atoms with van der Waals surface area (Å²) < 4.78 is 27.8. The lowest BCUT2D eigenvalue weighted by atomic mass is 10.2. The van der Waals surface area contributed by atoms with E-state index >= 15 is 0 Å². The second-order valence-electron chi connectivity index (χ2n) is 2.15. The molecule has 0 spiro atoms. The standard InChI is InChI=1S/C6H11NO4S/c1-3-4-5(6(8)11-2)7-12(9)10/h5H,3-4H2,1-2H3. The summed E-state index contributed by atoms with van der Waals surface area (Å²) >= 11 is 0. The van der Waals surface area contributed by atoms with E-state index in [1.54, 1.807) is 0 Å². The first-order valence-corrected chi connectivity index (χ1v) is 4.53. The molecule has 0 aromatic carbocycles. The van der Waals surface area contributed by atoms with Crippen molar-refractivity contribution in [2.45, 2.75) is 25.8 Å². The molecule has 0 N–H and O–H groups in total. The van der Waals surface area contributed by atoms with Gasteiger partial charge < -0.3 is 4.74 Å². The summed E-state index contributed by atoms with van der Waals surface area (Å²) in [4.78, 5) is 10.8. The van der Waals surface area contributed by atoms with Crippen LogP contribution in [0.4, 0.5) is 0 Å². The Labute approximate surface area is 72.4 Å². The van der Waals surface area contributed by atoms with Gasteiger partial charge in [-0.25, -0.2) is 4.79 Å². The number of hydrogen-bond donors (Lipinski definition) is 0. The minimum atomic E-state index is -2.55. The fourth-order valence-electron chi connectivity index (χ4n) is 0.727. The van der Waals surface area contributed by atoms with Crippen LogP contribution in [0.15, 0.2) is 4.36 Å². The van der Waals surface area contributed by atoms with Gasteiger partial charge in [-0.3, -0.25) is 0 Å². The second-order valence-corrected chi connectivity index (χ2v) is 2.80. The van der Waals surface area contributed by atoms with E-state index < -0.39 is 22.5 Å². The highest BCUT2D eigenvalue weighted by molar-refractivity contribution is 7.61. The molecule has 0 fully saturated rings. The molecule has 0 bridgehead atoms. The van der Waals surface area contributed by atoms with Crippen LogP contribution in [0.1, 0.15) is 19.8 Å². The monoisotopic (exact) mass is 193 g/mol. The van der Waals surface area contributed by atoms with Crippen LogP contribution < -0.4 is 0 Å². The highest BCUT2D eigenvalue weighted by Crippen LogP contribution is 2.03. The van der Waals surface area contributed by atoms with E-state index in [1.807, 2.05) is 6.92 Å². The minimum Gasteiger partial charge on any atom is -0.467 e. The molecule has 0 saturated heterocycles. The summed E-state index contributed by atoms with van der Waals surface area (Å²) in [5.74, 6) is -0.610. The number of rotatable bonds is 4. The molecule has 12 heavy (non-hydrogen) atoms. The number of carbonyl (C=O) groups excluding carboxylic acids is 1. The van der Waals surface area contributed by atoms with E-state index in [2.05, 4.69) is 9.10 Å². The van der Waals surface area contributed by atoms with Crippen molar-refractivity contribution in [1.82, 2.24) is 0 Å². The molecule has 1 atom stereocenters. The smallest absolute Gasteiger partial charge is 0.331 e. The van der Waals surface area contributed by atoms with Gasteiger partial charge in [0.25, 0.3) is 0 Å². The lowest BCUT2D eigenvalue weighted by Gasteiger charge is -2.04. The molecular weight excluding hydrogens is 182 g/mol. The third-order valence-electron chi connectivity index (χ3n) is 1.25. The Kier molecular flexibility index (Phi) is 5.27. The maximum Gasteiger partial charge on any atom is 0.331 e. The van der Waals surface area contributed by atoms with Crippen LogP contribution in [0.2, 0.25) is 0 Å². The molecule has 0 aromatic heterocycles. The number of nitrogens with zero attached hydrogens (tertiary/aromatic N) is 1. The van der Waals surface area contributed by atoms with Crippen molar-refractivity contribution >= 4 is 16.5 Å². The lowest BCUT2D eigenvalue weighted by molar-refractivity contribution is -0.142. The highest BCUT2D eigenvalue weighted by atomic mass is 32.2. The zero-order valence-corrected chi connectivity index (χ0v) is 7.80. The fraction of sp³-hybridized carbons (Fsp3) is 0.833. The number of hydrogen-bond acceptors (Lipinski definition) is 5. The molecule has 5 nitrogen and oxygen atoms in total. The Morgan fingerprint density at radius 1 is 1.58 bits per heavy atom. The Morgan fingerprint density at radius 2 is 2.17 bits per heavy atom. The molecule has 0 aliphatic carbocycles. The first-order chi connectivity index (χ1) is 5.61. The van der Waals surface area contributed by atoms with E-state index in [4.69, 9.17) is 0 Å². The van der Waals surface area contributed by atoms with Crippen molar-refractivity contribution in [3.8, 4) is 0 Å². The van der Waals surface area contributed by atoms with Gasteiger partial charge >= 0.3 is 16.5 Å². The highest BCUT2D eigenvalue weighted by Gasteiger charge is 2.16. The normalized spacial score (nSPS) is 11.8. The van der Waals surface area contributed by atoms with Crippen LogP contribution in [-0.2, 0) is 20.0 Å². The van der Waals surface area contributed by atoms with E-state index in [0.29, 0.717) is 12.8 Å². The zero-order valence-electron chi connectivity index (χ0n) is 6.98. The van der Waals surface area contributed by atoms with Gasteiger partial charge in [0.1, 0.15) is 0 Å². The molecule has 0 aromatic rings. The predicted molar refractivity (Wildman–Crippen MR) is 42.1 cm³/mol. The molecule has 0 heterocycles. The average molecular weight is 193 g/mol. The zero-order chi connectivity index (χ0) is 9.56. The molecule has 0 radical (unpaired) electrons. The summed E-state index contributed by atoms with van der Waals surface area (Å²) in [6, 6.07) is -0.877. The van der Waals surface area contributed by atoms with Gasteiger partial charge in [0.2, 0.25) is 0 Å². The van der Waals surface area contributed by atoms with Crippen molar-refractivity contribution in [2.75, 3.05) is 7.11 Å². The second kappa shape index (κ2) is 5.70. The van der Waals surface area contributed by atoms with Crippen LogP contribution in [-0.4, -0.2) is 27.5 Å². The van der Waals surface area contributed by atoms with Crippen LogP contribution in [0.3, 0.4) is 0 Å². The topological polar surface area (TPSA) is 72.8 Å². The Bertz CT molecular complexity index is 261. The van der Waals surface area contributed by atoms with Gasteiger partial charge in [-0.05, 0) is 6.42 Å². The van der Waals surface area contributed by atoms with Crippen LogP contribution in [0, 0.1) is 0 Å². The molecule has 0 aliphatic rings. The molecule has 0 amide bonds. The summed E-state index contributed by atoms with van der Waals surface area (Å²) in [5.41, 5.74) is 0. The van der Waals surface area contributed by atoms with Crippen molar-refractivity contribution in [2.24, 2.45) is 4.36 Å². The van der Waals surface area contributed by atoms with Crippen LogP contribution in [0.25, 0.3) is 0 Å². The number of carbonyl (C=O) groups is 1. The SMILES string of the molecule is CCCC(N=S(=O)=O)C(=O)OC. The predicted octanol–water partition coefficient (Wildman–Crippen LogP) is 0.391. The fourth-order valence-corrected chi connectivity index (χ4v) is 1.13. The molecule has 0 saturated carbocycles. The lowest BCUT2D eigenvalue weighted by Crippen LogP contribution is -2.19. The maximum absolute atomic E-state index is 10.8. The maximum atomic E-state index is 10.8. The van der Waals surface area contributed by atoms with Gasteiger partial charge in [-0.1, -0.05) is 13.3 Å². The Morgan fingerprint density at radius 3 is 2.50 bits per heavy atom. The number of methoxy groups -OCH3 is 1. The van der Waals surface area contributed by atoms with E-state index in [9.17, 15) is 13.2 Å². The van der Waals surface area contributed by atoms with Gasteiger partial charge in [0.15, 0.2) is 6.04 Å². The number of ether oxygens (including phenoxy) is 1. The molecular formula is C6H11NO4S. The molecule has 0 aliphatic heterocycles. The first kappa shape index (κ1) is 11.1. The quantitative estimate of drug-likeness (QED) is 0.605. The third-order valence-corrected chi connectivity index (χ3v) is 1.68. The molecule has 1 unspecified atom stereocenters. The average Bonchev–Trinajstić information content (AvgIpc) is 2.01. The van der Waals surface area contributed by atoms with Crippen LogP contribution in [0.5, 0.6) is 0 Å². The summed E-state index contributed by atoms with van der Waals surface area (Å²) in [5, 5.41) is 0.